The van der Waals surface area contributed by atoms with Crippen LogP contribution in [0.1, 0.15) is 22.2 Å². The zero-order chi connectivity index (χ0) is 11.0. The number of rotatable bonds is 5. The van der Waals surface area contributed by atoms with Crippen LogP contribution in [-0.4, -0.2) is 30.2 Å². The molecule has 0 atom stereocenters. The maximum atomic E-state index is 11.0. The number of esters is 1. The fourth-order valence-corrected chi connectivity index (χ4v) is 0.553. The van der Waals surface area contributed by atoms with Crippen molar-refractivity contribution < 1.29 is 72.2 Å². The summed E-state index contributed by atoms with van der Waals surface area (Å²) in [6, 6.07) is 0. The minimum atomic E-state index is -0.682. The molecule has 0 unspecified atom stereocenters. The largest absolute Gasteiger partial charge is 1.00 e. The van der Waals surface area contributed by atoms with Crippen LogP contribution in [0.2, 0.25) is 0 Å². The Morgan fingerprint density at radius 3 is 2.60 bits per heavy atom. The molecule has 0 amide bonds. The number of carbonyl (C=O) groups excluding carboxylic acids is 1. The van der Waals surface area contributed by atoms with Crippen molar-refractivity contribution in [2.45, 2.75) is 26.9 Å². The molecule has 0 aromatic rings. The summed E-state index contributed by atoms with van der Waals surface area (Å²) in [6.07, 6.45) is 1.66. The average molecular weight is 241 g/mol. The molecule has 0 heterocycles. The number of nitrogens with zero attached hydrogens (tertiary/aromatic N) is 1. The van der Waals surface area contributed by atoms with E-state index in [1.165, 1.54) is 0 Å². The van der Waals surface area contributed by atoms with Crippen LogP contribution in [-0.2, 0) is 14.3 Å². The van der Waals surface area contributed by atoms with Crippen LogP contribution >= 0.6 is 0 Å². The van der Waals surface area contributed by atoms with E-state index < -0.39 is 5.97 Å². The first-order chi connectivity index (χ1) is 6.61. The minimum Gasteiger partial charge on any atom is -1.00 e. The molecule has 0 aromatic heterocycles. The maximum Gasteiger partial charge on any atom is 1.00 e. The van der Waals surface area contributed by atoms with Gasteiger partial charge in [-0.1, -0.05) is 0 Å². The van der Waals surface area contributed by atoms with Gasteiger partial charge in [-0.05, 0) is 20.8 Å². The summed E-state index contributed by atoms with van der Waals surface area (Å²) in [7, 11) is 0. The minimum absolute atomic E-state index is 0. The molecule has 0 spiro atoms. The topological polar surface area (TPSA) is 68.1 Å². The molecule has 0 aliphatic carbocycles. The molecule has 0 saturated heterocycles. The fraction of sp³-hybridized carbons (Fsp3) is 0.556. The number of aliphatic imine (C=N–C) groups is 1. The first kappa shape index (κ1) is 17.5. The zero-order valence-electron chi connectivity index (χ0n) is 10.6. The first-order valence-corrected chi connectivity index (χ1v) is 4.31. The molecule has 0 aliphatic heterocycles. The Balaban J connectivity index is -0.000000845. The molecule has 5 nitrogen and oxygen atoms in total. The van der Waals surface area contributed by atoms with Gasteiger partial charge in [0.25, 0.3) is 0 Å². The standard InChI is InChI=1S/C9H15NO4.K.H/c1-4-13-9(12)8(5-11)10-6-14-7(2)3;;/h5-7,11H,4H2,1-3H3;;/q;+1;-1/b8-5+,10-6?;;. The van der Waals surface area contributed by atoms with Gasteiger partial charge in [0.2, 0.25) is 0 Å². The van der Waals surface area contributed by atoms with Crippen molar-refractivity contribution in [1.29, 1.82) is 0 Å². The predicted molar refractivity (Wildman–Crippen MR) is 53.2 cm³/mol. The molecule has 82 valence electrons. The van der Waals surface area contributed by atoms with Crippen molar-refractivity contribution in [3.63, 3.8) is 0 Å². The van der Waals surface area contributed by atoms with Gasteiger partial charge in [-0.3, -0.25) is 0 Å². The first-order valence-electron chi connectivity index (χ1n) is 4.31. The van der Waals surface area contributed by atoms with E-state index in [4.69, 9.17) is 9.84 Å². The van der Waals surface area contributed by atoms with Crippen molar-refractivity contribution in [1.82, 2.24) is 0 Å². The zero-order valence-corrected chi connectivity index (χ0v) is 12.7. The summed E-state index contributed by atoms with van der Waals surface area (Å²) in [5.74, 6) is -0.682. The summed E-state index contributed by atoms with van der Waals surface area (Å²) in [5.41, 5.74) is -0.187. The molecule has 15 heavy (non-hydrogen) atoms. The van der Waals surface area contributed by atoms with Crippen molar-refractivity contribution in [3.8, 4) is 0 Å². The van der Waals surface area contributed by atoms with E-state index in [1.807, 2.05) is 13.8 Å². The van der Waals surface area contributed by atoms with E-state index in [2.05, 4.69) is 9.73 Å². The fourth-order valence-electron chi connectivity index (χ4n) is 0.553. The Labute approximate surface area is 133 Å². The van der Waals surface area contributed by atoms with Crippen molar-refractivity contribution >= 4 is 12.4 Å². The maximum absolute atomic E-state index is 11.0. The summed E-state index contributed by atoms with van der Waals surface area (Å²) in [6.45, 7) is 5.54. The number of hydrogen-bond acceptors (Lipinski definition) is 5. The Bertz CT molecular complexity index is 244. The van der Waals surface area contributed by atoms with Crippen molar-refractivity contribution in [2.75, 3.05) is 6.61 Å². The normalized spacial score (nSPS) is 11.3. The molecule has 1 N–H and O–H groups in total. The number of hydrogen-bond donors (Lipinski definition) is 1. The molecule has 0 bridgehead atoms. The van der Waals surface area contributed by atoms with Gasteiger partial charge in [0, 0.05) is 0 Å². The van der Waals surface area contributed by atoms with Crippen LogP contribution in [0, 0.1) is 0 Å². The Morgan fingerprint density at radius 2 is 2.20 bits per heavy atom. The smallest absolute Gasteiger partial charge is 1.00 e. The van der Waals surface area contributed by atoms with E-state index >= 15 is 0 Å². The second-order valence-corrected chi connectivity index (χ2v) is 2.65. The number of ether oxygens (including phenoxy) is 2. The Kier molecular flexibility index (Phi) is 12.4. The molecule has 0 aromatic carbocycles. The van der Waals surface area contributed by atoms with Crippen LogP contribution < -0.4 is 51.4 Å². The van der Waals surface area contributed by atoms with Gasteiger partial charge in [-0.15, -0.1) is 0 Å². The summed E-state index contributed by atoms with van der Waals surface area (Å²) in [4.78, 5) is 14.6. The number of aliphatic hydroxyl groups excluding tert-OH is 1. The second-order valence-electron chi connectivity index (χ2n) is 2.65. The van der Waals surface area contributed by atoms with Crippen LogP contribution in [0.25, 0.3) is 0 Å². The van der Waals surface area contributed by atoms with Crippen LogP contribution in [0.15, 0.2) is 17.0 Å². The second kappa shape index (κ2) is 10.6. The van der Waals surface area contributed by atoms with Crippen molar-refractivity contribution in [3.05, 3.63) is 12.0 Å². The van der Waals surface area contributed by atoms with Gasteiger partial charge >= 0.3 is 57.4 Å². The Morgan fingerprint density at radius 1 is 1.60 bits per heavy atom. The van der Waals surface area contributed by atoms with Gasteiger partial charge in [0.1, 0.15) is 6.26 Å². The number of aliphatic hydroxyl groups is 1. The molecule has 0 rings (SSSR count). The number of carbonyl (C=O) groups is 1. The van der Waals surface area contributed by atoms with Gasteiger partial charge < -0.3 is 16.0 Å². The van der Waals surface area contributed by atoms with Gasteiger partial charge in [0.15, 0.2) is 12.1 Å². The Hall–Kier alpha value is 0.116. The van der Waals surface area contributed by atoms with Crippen LogP contribution in [0.4, 0.5) is 0 Å². The van der Waals surface area contributed by atoms with Crippen LogP contribution in [0.5, 0.6) is 0 Å². The third-order valence-electron chi connectivity index (χ3n) is 1.13. The molecular weight excluding hydrogens is 225 g/mol. The summed E-state index contributed by atoms with van der Waals surface area (Å²) < 4.78 is 9.57. The summed E-state index contributed by atoms with van der Waals surface area (Å²) in [5, 5.41) is 8.66. The third kappa shape index (κ3) is 9.07. The summed E-state index contributed by atoms with van der Waals surface area (Å²) >= 11 is 0. The molecule has 6 heteroatoms. The van der Waals surface area contributed by atoms with E-state index in [-0.39, 0.29) is 71.2 Å². The third-order valence-corrected chi connectivity index (χ3v) is 1.13. The average Bonchev–Trinajstić information content (AvgIpc) is 2.12. The quantitative estimate of drug-likeness (QED) is 0.159. The van der Waals surface area contributed by atoms with Gasteiger partial charge in [-0.25, -0.2) is 9.79 Å². The predicted octanol–water partition coefficient (Wildman–Crippen LogP) is -1.48. The van der Waals surface area contributed by atoms with Gasteiger partial charge in [0.05, 0.1) is 12.7 Å². The van der Waals surface area contributed by atoms with Crippen LogP contribution in [0.3, 0.4) is 0 Å². The monoisotopic (exact) mass is 241 g/mol. The molecule has 0 fully saturated rings. The molecule has 0 saturated carbocycles. The van der Waals surface area contributed by atoms with Crippen molar-refractivity contribution in [2.24, 2.45) is 4.99 Å². The molecular formula is C9H16KNO4. The van der Waals surface area contributed by atoms with Gasteiger partial charge in [-0.2, -0.15) is 0 Å². The molecule has 0 radical (unpaired) electrons. The molecule has 0 aliphatic rings. The van der Waals surface area contributed by atoms with E-state index in [9.17, 15) is 4.79 Å². The van der Waals surface area contributed by atoms with E-state index in [0.29, 0.717) is 6.26 Å². The SMILES string of the molecule is CCOC(=O)/C(=C\O)N=COC(C)C.[H-].[K+]. The van der Waals surface area contributed by atoms with E-state index in [0.717, 1.165) is 6.40 Å². The van der Waals surface area contributed by atoms with E-state index in [1.54, 1.807) is 6.92 Å².